The number of ether oxygens (including phenoxy) is 3. The Hall–Kier alpha value is -4.34. The molecule has 0 unspecified atom stereocenters. The van der Waals surface area contributed by atoms with E-state index in [2.05, 4.69) is 30.2 Å². The lowest BCUT2D eigenvalue weighted by atomic mass is 10.1. The average Bonchev–Trinajstić information content (AvgIpc) is 3.50. The molecule has 0 bridgehead atoms. The Kier molecular flexibility index (Phi) is 8.22. The van der Waals surface area contributed by atoms with Gasteiger partial charge in [-0.05, 0) is 35.9 Å². The van der Waals surface area contributed by atoms with Crippen LogP contribution in [0.4, 0.5) is 11.9 Å². The van der Waals surface area contributed by atoms with Crippen LogP contribution in [0.25, 0.3) is 10.9 Å². The number of phenolic OH excluding ortho intramolecular Hbond substituents is 1. The Labute approximate surface area is 197 Å². The monoisotopic (exact) mass is 464 g/mol. The van der Waals surface area contributed by atoms with Gasteiger partial charge in [0.1, 0.15) is 5.75 Å². The molecule has 0 aliphatic heterocycles. The lowest BCUT2D eigenvalue weighted by Gasteiger charge is -2.12. The number of benzene rings is 2. The van der Waals surface area contributed by atoms with Gasteiger partial charge in [0.25, 0.3) is 5.95 Å². The summed E-state index contributed by atoms with van der Waals surface area (Å²) in [6.45, 7) is 4.00. The van der Waals surface area contributed by atoms with Crippen molar-refractivity contribution in [1.29, 1.82) is 0 Å². The summed E-state index contributed by atoms with van der Waals surface area (Å²) in [5, 5.41) is 17.4. The van der Waals surface area contributed by atoms with E-state index < -0.39 is 0 Å². The third-order valence-corrected chi connectivity index (χ3v) is 4.75. The molecule has 0 aliphatic rings. The lowest BCUT2D eigenvalue weighted by molar-refractivity contribution is 0.324. The molecule has 2 aromatic carbocycles. The van der Waals surface area contributed by atoms with Crippen molar-refractivity contribution in [3.8, 4) is 23.0 Å². The number of hydrogen-bond acceptors (Lipinski definition) is 8. The van der Waals surface area contributed by atoms with E-state index in [9.17, 15) is 5.11 Å². The van der Waals surface area contributed by atoms with Crippen molar-refractivity contribution < 1.29 is 19.3 Å². The summed E-state index contributed by atoms with van der Waals surface area (Å²) in [5.41, 5.74) is 2.70. The number of aromatic hydroxyl groups is 1. The number of H-pyrrole nitrogens is 2. The summed E-state index contributed by atoms with van der Waals surface area (Å²) in [5.74, 6) is 2.36. The zero-order valence-electron chi connectivity index (χ0n) is 19.8. The van der Waals surface area contributed by atoms with Crippen LogP contribution in [0.2, 0.25) is 0 Å². The second-order valence-corrected chi connectivity index (χ2v) is 6.74. The van der Waals surface area contributed by atoms with Crippen molar-refractivity contribution in [3.05, 3.63) is 47.7 Å². The fraction of sp³-hybridized carbons (Fsp3) is 0.250. The predicted octanol–water partition coefficient (Wildman–Crippen LogP) is 4.74. The predicted molar refractivity (Wildman–Crippen MR) is 133 cm³/mol. The smallest absolute Gasteiger partial charge is 0.269 e. The van der Waals surface area contributed by atoms with E-state index in [-0.39, 0.29) is 11.7 Å². The number of rotatable bonds is 8. The maximum atomic E-state index is 9.69. The van der Waals surface area contributed by atoms with Gasteiger partial charge in [-0.1, -0.05) is 13.8 Å². The van der Waals surface area contributed by atoms with E-state index in [0.717, 1.165) is 22.0 Å². The Morgan fingerprint density at radius 2 is 1.74 bits per heavy atom. The van der Waals surface area contributed by atoms with Crippen LogP contribution in [0.3, 0.4) is 0 Å². The number of methoxy groups -OCH3 is 3. The van der Waals surface area contributed by atoms with Crippen LogP contribution >= 0.6 is 0 Å². The highest BCUT2D eigenvalue weighted by Crippen LogP contribution is 2.37. The summed E-state index contributed by atoms with van der Waals surface area (Å²) in [6, 6.07) is 8.75. The molecule has 4 rings (SSSR count). The van der Waals surface area contributed by atoms with Crippen LogP contribution in [-0.4, -0.2) is 59.0 Å². The highest BCUT2D eigenvalue weighted by molar-refractivity contribution is 5.87. The van der Waals surface area contributed by atoms with E-state index in [1.807, 2.05) is 26.1 Å². The fourth-order valence-electron chi connectivity index (χ4n) is 3.23. The van der Waals surface area contributed by atoms with Gasteiger partial charge in [0.05, 0.1) is 21.3 Å². The molecule has 3 N–H and O–H groups in total. The van der Waals surface area contributed by atoms with Crippen LogP contribution < -0.4 is 14.2 Å². The van der Waals surface area contributed by atoms with Crippen molar-refractivity contribution in [1.82, 2.24) is 20.2 Å². The molecule has 10 nitrogen and oxygen atoms in total. The minimum atomic E-state index is 0.222. The molecule has 178 valence electrons. The second kappa shape index (κ2) is 11.5. The third-order valence-electron chi connectivity index (χ3n) is 4.75. The van der Waals surface area contributed by atoms with Crippen molar-refractivity contribution in [2.75, 3.05) is 21.3 Å². The molecule has 0 fully saturated rings. The number of nitrogens with one attached hydrogen (secondary N) is 2. The maximum absolute atomic E-state index is 9.69. The van der Waals surface area contributed by atoms with E-state index >= 15 is 0 Å². The molecule has 0 atom stereocenters. The first-order valence-electron chi connectivity index (χ1n) is 10.7. The minimum Gasteiger partial charge on any atom is -0.508 e. The van der Waals surface area contributed by atoms with Gasteiger partial charge >= 0.3 is 0 Å². The minimum absolute atomic E-state index is 0.222. The maximum Gasteiger partial charge on any atom is 0.269 e. The van der Waals surface area contributed by atoms with Gasteiger partial charge in [-0.25, -0.2) is 15.1 Å². The highest BCUT2D eigenvalue weighted by atomic mass is 16.5. The van der Waals surface area contributed by atoms with Gasteiger partial charge in [0.15, 0.2) is 11.5 Å². The standard InChI is InChI=1S/C22H22N6O4.C2H6/c1-30-18-8-13(9-19(31-2)20(18)32-3)11-25-22-26-21(27-28-22)23-7-6-14-12-24-17-5-4-15(29)10-16(14)17;1-2/h4-5,7-12,24,29H,6H2,1-3H3,(H,26,27,28);1-2H3. The van der Waals surface area contributed by atoms with Gasteiger partial charge in [-0.3, -0.25) is 0 Å². The second-order valence-electron chi connectivity index (χ2n) is 6.74. The highest BCUT2D eigenvalue weighted by Gasteiger charge is 2.12. The number of hydrogen-bond donors (Lipinski definition) is 3. The Bertz CT molecular complexity index is 1270. The topological polar surface area (TPSA) is 130 Å². The lowest BCUT2D eigenvalue weighted by Crippen LogP contribution is -1.96. The summed E-state index contributed by atoms with van der Waals surface area (Å²) < 4.78 is 16.0. The molecule has 0 aliphatic carbocycles. The molecule has 0 saturated heterocycles. The number of aromatic nitrogens is 4. The molecule has 0 saturated carbocycles. The average molecular weight is 465 g/mol. The van der Waals surface area contributed by atoms with Crippen molar-refractivity contribution in [3.63, 3.8) is 0 Å². The summed E-state index contributed by atoms with van der Waals surface area (Å²) in [7, 11) is 4.65. The molecule has 4 aromatic rings. The Morgan fingerprint density at radius 3 is 2.41 bits per heavy atom. The molecule has 34 heavy (non-hydrogen) atoms. The summed E-state index contributed by atoms with van der Waals surface area (Å²) in [6.07, 6.45) is 5.78. The third kappa shape index (κ3) is 5.52. The molecule has 0 radical (unpaired) electrons. The first-order chi connectivity index (χ1) is 16.6. The van der Waals surface area contributed by atoms with Crippen LogP contribution in [0.15, 0.2) is 46.5 Å². The summed E-state index contributed by atoms with van der Waals surface area (Å²) >= 11 is 0. The van der Waals surface area contributed by atoms with Crippen LogP contribution in [0.1, 0.15) is 25.0 Å². The zero-order valence-corrected chi connectivity index (χ0v) is 19.8. The van der Waals surface area contributed by atoms with E-state index in [4.69, 9.17) is 14.2 Å². The number of aromatic amines is 2. The normalized spacial score (nSPS) is 11.1. The van der Waals surface area contributed by atoms with Crippen LogP contribution in [0, 0.1) is 0 Å². The van der Waals surface area contributed by atoms with Crippen LogP contribution in [-0.2, 0) is 6.42 Å². The molecule has 0 amide bonds. The van der Waals surface area contributed by atoms with Crippen molar-refractivity contribution in [2.45, 2.75) is 20.3 Å². The Morgan fingerprint density at radius 1 is 1.00 bits per heavy atom. The molecular formula is C24H28N6O4. The first kappa shape index (κ1) is 24.3. The van der Waals surface area contributed by atoms with Crippen LogP contribution in [0.5, 0.6) is 23.0 Å². The number of nitrogens with zero attached hydrogens (tertiary/aromatic N) is 4. The quantitative estimate of drug-likeness (QED) is 0.323. The SMILES string of the molecule is CC.COc1cc(C=Nc2n[nH]c(N=CCc3c[nH]c4ccc(O)cc34)n2)cc(OC)c1OC. The van der Waals surface area contributed by atoms with Gasteiger partial charge in [0.2, 0.25) is 11.7 Å². The largest absolute Gasteiger partial charge is 0.508 e. The van der Waals surface area contributed by atoms with Crippen molar-refractivity contribution >= 4 is 35.2 Å². The van der Waals surface area contributed by atoms with E-state index in [1.54, 1.807) is 58.0 Å². The molecular weight excluding hydrogens is 436 g/mol. The van der Waals surface area contributed by atoms with Gasteiger partial charge in [-0.15, -0.1) is 5.10 Å². The number of fused-ring (bicyclic) bond motifs is 1. The first-order valence-corrected chi connectivity index (χ1v) is 10.7. The van der Waals surface area contributed by atoms with Gasteiger partial charge in [-0.2, -0.15) is 4.98 Å². The van der Waals surface area contributed by atoms with E-state index in [1.165, 1.54) is 0 Å². The molecule has 0 spiro atoms. The van der Waals surface area contributed by atoms with Gasteiger partial charge in [0, 0.05) is 41.5 Å². The fourth-order valence-corrected chi connectivity index (χ4v) is 3.23. The summed E-state index contributed by atoms with van der Waals surface area (Å²) in [4.78, 5) is 16.0. The molecule has 2 heterocycles. The molecule has 10 heteroatoms. The van der Waals surface area contributed by atoms with Crippen molar-refractivity contribution in [2.24, 2.45) is 9.98 Å². The Balaban J connectivity index is 0.00000158. The molecule has 2 aromatic heterocycles. The number of aliphatic imine (C=N–C) groups is 2. The number of phenols is 1. The van der Waals surface area contributed by atoms with Gasteiger partial charge < -0.3 is 24.3 Å². The zero-order chi connectivity index (χ0) is 24.5. The van der Waals surface area contributed by atoms with E-state index in [0.29, 0.717) is 29.6 Å².